The Morgan fingerprint density at radius 2 is 1.61 bits per heavy atom. The van der Waals surface area contributed by atoms with Gasteiger partial charge in [0.1, 0.15) is 6.54 Å². The molecule has 4 aromatic rings. The number of hydrogen-bond donors (Lipinski definition) is 1. The molecule has 0 unspecified atom stereocenters. The fourth-order valence-corrected chi connectivity index (χ4v) is 3.82. The van der Waals surface area contributed by atoms with E-state index < -0.39 is 17.7 Å². The summed E-state index contributed by atoms with van der Waals surface area (Å²) in [6.45, 7) is -0.176. The molecule has 1 N–H and O–H groups in total. The highest BCUT2D eigenvalue weighted by Gasteiger charge is 2.30. The maximum atomic E-state index is 13.1. The van der Waals surface area contributed by atoms with Crippen LogP contribution in [0.4, 0.5) is 13.2 Å². The van der Waals surface area contributed by atoms with Gasteiger partial charge < -0.3 is 9.67 Å². The molecule has 4 rings (SSSR count). The molecule has 0 aliphatic carbocycles. The Kier molecular flexibility index (Phi) is 5.55. The van der Waals surface area contributed by atoms with Crippen molar-refractivity contribution in [2.45, 2.75) is 25.6 Å². The van der Waals surface area contributed by atoms with Crippen molar-refractivity contribution >= 4 is 16.9 Å². The second-order valence-corrected chi connectivity index (χ2v) is 7.47. The molecule has 31 heavy (non-hydrogen) atoms. The second kappa shape index (κ2) is 8.30. The molecule has 158 valence electrons. The summed E-state index contributed by atoms with van der Waals surface area (Å²) in [7, 11) is 0. The molecule has 0 amide bonds. The first-order valence-electron chi connectivity index (χ1n) is 9.86. The summed E-state index contributed by atoms with van der Waals surface area (Å²) in [5.41, 5.74) is 3.31. The number of carboxylic acid groups (broad SMARTS) is 1. The van der Waals surface area contributed by atoms with Gasteiger partial charge in [-0.05, 0) is 59.4 Å². The molecular formula is C25H20F3NO2. The largest absolute Gasteiger partial charge is 0.480 e. The summed E-state index contributed by atoms with van der Waals surface area (Å²) in [6, 6.07) is 20.5. The monoisotopic (exact) mass is 423 g/mol. The first kappa shape index (κ1) is 20.7. The Balaban J connectivity index is 1.75. The molecule has 0 aliphatic heterocycles. The average Bonchev–Trinajstić information content (AvgIpc) is 3.08. The third-order valence-corrected chi connectivity index (χ3v) is 5.32. The van der Waals surface area contributed by atoms with E-state index in [0.29, 0.717) is 17.5 Å². The van der Waals surface area contributed by atoms with Crippen molar-refractivity contribution in [2.24, 2.45) is 0 Å². The van der Waals surface area contributed by atoms with Crippen LogP contribution < -0.4 is 0 Å². The van der Waals surface area contributed by atoms with Crippen molar-refractivity contribution in [2.75, 3.05) is 0 Å². The number of halogens is 3. The Hall–Kier alpha value is -3.54. The SMILES string of the molecule is O=C(O)Cn1cc(CCc2ccccc2)c2cc(-c3cccc(C(F)(F)F)c3)ccc21. The molecule has 0 fully saturated rings. The molecule has 0 atom stereocenters. The maximum Gasteiger partial charge on any atom is 0.416 e. The van der Waals surface area contributed by atoms with Gasteiger partial charge in [0.15, 0.2) is 0 Å². The van der Waals surface area contributed by atoms with E-state index >= 15 is 0 Å². The van der Waals surface area contributed by atoms with Crippen molar-refractivity contribution in [3.05, 3.63) is 95.7 Å². The number of aromatic nitrogens is 1. The number of nitrogens with zero attached hydrogens (tertiary/aromatic N) is 1. The summed E-state index contributed by atoms with van der Waals surface area (Å²) in [6.07, 6.45) is -1.11. The van der Waals surface area contributed by atoms with Crippen molar-refractivity contribution in [3.63, 3.8) is 0 Å². The predicted molar refractivity (Wildman–Crippen MR) is 114 cm³/mol. The van der Waals surface area contributed by atoms with Crippen LogP contribution in [0.5, 0.6) is 0 Å². The van der Waals surface area contributed by atoms with E-state index in [-0.39, 0.29) is 6.54 Å². The van der Waals surface area contributed by atoms with Crippen LogP contribution in [0.25, 0.3) is 22.0 Å². The van der Waals surface area contributed by atoms with Gasteiger partial charge in [-0.25, -0.2) is 0 Å². The molecule has 0 saturated carbocycles. The number of fused-ring (bicyclic) bond motifs is 1. The molecule has 0 aliphatic rings. The minimum absolute atomic E-state index is 0.176. The lowest BCUT2D eigenvalue weighted by atomic mass is 9.98. The number of hydrogen-bond acceptors (Lipinski definition) is 1. The Labute approximate surface area is 177 Å². The van der Waals surface area contributed by atoms with Crippen LogP contribution in [0.1, 0.15) is 16.7 Å². The van der Waals surface area contributed by atoms with Crippen molar-refractivity contribution < 1.29 is 23.1 Å². The Morgan fingerprint density at radius 3 is 2.32 bits per heavy atom. The number of alkyl halides is 3. The predicted octanol–water partition coefficient (Wildman–Crippen LogP) is 6.20. The van der Waals surface area contributed by atoms with Crippen LogP contribution in [-0.4, -0.2) is 15.6 Å². The highest BCUT2D eigenvalue weighted by molar-refractivity contribution is 5.89. The van der Waals surface area contributed by atoms with E-state index in [9.17, 15) is 23.1 Å². The van der Waals surface area contributed by atoms with E-state index in [1.807, 2.05) is 42.6 Å². The molecule has 1 heterocycles. The molecule has 1 aromatic heterocycles. The lowest BCUT2D eigenvalue weighted by Gasteiger charge is -2.10. The number of carbonyl (C=O) groups is 1. The van der Waals surface area contributed by atoms with E-state index in [2.05, 4.69) is 0 Å². The van der Waals surface area contributed by atoms with Gasteiger partial charge in [-0.2, -0.15) is 13.2 Å². The van der Waals surface area contributed by atoms with Crippen molar-refractivity contribution in [3.8, 4) is 11.1 Å². The number of aryl methyl sites for hydroxylation is 2. The minimum atomic E-state index is -4.41. The van der Waals surface area contributed by atoms with Crippen LogP contribution in [0.2, 0.25) is 0 Å². The summed E-state index contributed by atoms with van der Waals surface area (Å²) < 4.78 is 41.1. The van der Waals surface area contributed by atoms with Crippen molar-refractivity contribution in [1.29, 1.82) is 0 Å². The van der Waals surface area contributed by atoms with Crippen LogP contribution in [0.15, 0.2) is 79.0 Å². The molecule has 6 heteroatoms. The van der Waals surface area contributed by atoms with Gasteiger partial charge in [0.2, 0.25) is 0 Å². The molecule has 3 aromatic carbocycles. The molecule has 0 spiro atoms. The summed E-state index contributed by atoms with van der Waals surface area (Å²) >= 11 is 0. The Morgan fingerprint density at radius 1 is 0.871 bits per heavy atom. The molecule has 0 radical (unpaired) electrons. The Bertz CT molecular complexity index is 1230. The fraction of sp³-hybridized carbons (Fsp3) is 0.160. The first-order valence-corrected chi connectivity index (χ1v) is 9.86. The van der Waals surface area contributed by atoms with E-state index in [1.165, 1.54) is 6.07 Å². The number of aliphatic carboxylic acids is 1. The maximum absolute atomic E-state index is 13.1. The van der Waals surface area contributed by atoms with Gasteiger partial charge in [-0.1, -0.05) is 48.5 Å². The standard InChI is InChI=1S/C25H20F3NO2/c26-25(27,28)21-8-4-7-18(13-21)19-11-12-23-22(14-19)20(15-29(23)16-24(30)31)10-9-17-5-2-1-3-6-17/h1-8,11-15H,9-10,16H2,(H,30,31). The third-order valence-electron chi connectivity index (χ3n) is 5.32. The van der Waals surface area contributed by atoms with Gasteiger partial charge in [0.25, 0.3) is 0 Å². The zero-order chi connectivity index (χ0) is 22.0. The molecule has 0 saturated heterocycles. The smallest absolute Gasteiger partial charge is 0.416 e. The van der Waals surface area contributed by atoms with Crippen LogP contribution in [0.3, 0.4) is 0 Å². The van der Waals surface area contributed by atoms with Crippen molar-refractivity contribution in [1.82, 2.24) is 4.57 Å². The van der Waals surface area contributed by atoms with Gasteiger partial charge in [-0.15, -0.1) is 0 Å². The van der Waals surface area contributed by atoms with Crippen LogP contribution >= 0.6 is 0 Å². The van der Waals surface area contributed by atoms with Gasteiger partial charge >= 0.3 is 12.1 Å². The van der Waals surface area contributed by atoms with Gasteiger partial charge in [0.05, 0.1) is 5.56 Å². The lowest BCUT2D eigenvalue weighted by Crippen LogP contribution is -2.07. The van der Waals surface area contributed by atoms with Gasteiger partial charge in [0, 0.05) is 17.1 Å². The zero-order valence-electron chi connectivity index (χ0n) is 16.6. The van der Waals surface area contributed by atoms with Crippen LogP contribution in [0, 0.1) is 0 Å². The summed E-state index contributed by atoms with van der Waals surface area (Å²) in [5, 5.41) is 10.1. The number of benzene rings is 3. The van der Waals surface area contributed by atoms with Crippen LogP contribution in [-0.2, 0) is 30.4 Å². The molecule has 3 nitrogen and oxygen atoms in total. The van der Waals surface area contributed by atoms with E-state index in [0.717, 1.165) is 40.6 Å². The zero-order valence-corrected chi connectivity index (χ0v) is 16.6. The topological polar surface area (TPSA) is 42.2 Å². The molecular weight excluding hydrogens is 403 g/mol. The second-order valence-electron chi connectivity index (χ2n) is 7.47. The first-order chi connectivity index (χ1) is 14.8. The fourth-order valence-electron chi connectivity index (χ4n) is 3.82. The summed E-state index contributed by atoms with van der Waals surface area (Å²) in [4.78, 5) is 11.3. The quantitative estimate of drug-likeness (QED) is 0.401. The number of carboxylic acids is 1. The normalized spacial score (nSPS) is 11.7. The third kappa shape index (κ3) is 4.63. The summed E-state index contributed by atoms with van der Waals surface area (Å²) in [5.74, 6) is -0.950. The number of rotatable bonds is 6. The van der Waals surface area contributed by atoms with E-state index in [4.69, 9.17) is 0 Å². The minimum Gasteiger partial charge on any atom is -0.480 e. The lowest BCUT2D eigenvalue weighted by molar-refractivity contribution is -0.138. The highest BCUT2D eigenvalue weighted by Crippen LogP contribution is 2.34. The molecule has 0 bridgehead atoms. The van der Waals surface area contributed by atoms with Gasteiger partial charge in [-0.3, -0.25) is 4.79 Å². The van der Waals surface area contributed by atoms with E-state index in [1.54, 1.807) is 22.8 Å². The highest BCUT2D eigenvalue weighted by atomic mass is 19.4. The average molecular weight is 423 g/mol.